The summed E-state index contributed by atoms with van der Waals surface area (Å²) in [5.74, 6) is 0.234. The highest BCUT2D eigenvalue weighted by atomic mass is 127. The molecule has 0 bridgehead atoms. The summed E-state index contributed by atoms with van der Waals surface area (Å²) in [6.45, 7) is 1.91. The molecule has 0 aliphatic rings. The van der Waals surface area contributed by atoms with Crippen LogP contribution in [0.15, 0.2) is 30.5 Å². The summed E-state index contributed by atoms with van der Waals surface area (Å²) < 4.78 is 14.2. The van der Waals surface area contributed by atoms with Gasteiger partial charge in [0.2, 0.25) is 0 Å². The molecule has 1 aromatic carbocycles. The van der Waals surface area contributed by atoms with Crippen molar-refractivity contribution < 1.29 is 4.39 Å². The second kappa shape index (κ2) is 5.31. The first-order valence-electron chi connectivity index (χ1n) is 5.19. The average molecular weight is 353 g/mol. The first kappa shape index (κ1) is 12.8. The summed E-state index contributed by atoms with van der Waals surface area (Å²) in [5, 5.41) is 11.9. The van der Waals surface area contributed by atoms with Gasteiger partial charge in [-0.3, -0.25) is 0 Å². The highest BCUT2D eigenvalue weighted by molar-refractivity contribution is 14.1. The fourth-order valence-electron chi connectivity index (χ4n) is 1.52. The third-order valence-corrected chi connectivity index (χ3v) is 2.99. The largest absolute Gasteiger partial charge is 0.339 e. The number of nitrogens with one attached hydrogen (secondary N) is 1. The molecule has 0 saturated heterocycles. The van der Waals surface area contributed by atoms with Crippen molar-refractivity contribution in [3.8, 4) is 6.07 Å². The molecule has 3 nitrogen and oxygen atoms in total. The molecule has 0 saturated carbocycles. The zero-order chi connectivity index (χ0) is 13.1. The van der Waals surface area contributed by atoms with Crippen molar-refractivity contribution in [1.82, 2.24) is 4.98 Å². The number of aromatic nitrogens is 1. The fourth-order valence-corrected chi connectivity index (χ4v) is 2.12. The molecule has 0 atom stereocenters. The highest BCUT2D eigenvalue weighted by Crippen LogP contribution is 2.23. The van der Waals surface area contributed by atoms with Crippen LogP contribution in [0.1, 0.15) is 11.1 Å². The molecule has 90 valence electrons. The molecule has 0 amide bonds. The standard InChI is InChI=1S/C13H9FIN3/c1-8-4-11(15)7-17-13(8)18-12-5-10(14)3-2-9(12)6-16/h2-5,7H,1H3,(H,17,18). The molecule has 0 aliphatic carbocycles. The molecule has 0 spiro atoms. The number of benzene rings is 1. The van der Waals surface area contributed by atoms with Crippen molar-refractivity contribution in [2.45, 2.75) is 6.92 Å². The number of halogens is 2. The number of rotatable bonds is 2. The zero-order valence-electron chi connectivity index (χ0n) is 9.54. The third kappa shape index (κ3) is 2.76. The third-order valence-electron chi connectivity index (χ3n) is 2.40. The Balaban J connectivity index is 2.40. The number of pyridine rings is 1. The van der Waals surface area contributed by atoms with Gasteiger partial charge in [-0.15, -0.1) is 0 Å². The van der Waals surface area contributed by atoms with Crippen molar-refractivity contribution in [1.29, 1.82) is 5.26 Å². The minimum atomic E-state index is -0.389. The smallest absolute Gasteiger partial charge is 0.133 e. The second-order valence-corrected chi connectivity index (χ2v) is 4.99. The molecule has 2 rings (SSSR count). The number of nitrogens with zero attached hydrogens (tertiary/aromatic N) is 2. The Morgan fingerprint density at radius 1 is 1.39 bits per heavy atom. The summed E-state index contributed by atoms with van der Waals surface area (Å²) in [6, 6.07) is 7.97. The Bertz CT molecular complexity index is 635. The molecule has 18 heavy (non-hydrogen) atoms. The summed E-state index contributed by atoms with van der Waals surface area (Å²) in [7, 11) is 0. The highest BCUT2D eigenvalue weighted by Gasteiger charge is 2.07. The Kier molecular flexibility index (Phi) is 3.77. The Morgan fingerprint density at radius 2 is 2.17 bits per heavy atom. The van der Waals surface area contributed by atoms with E-state index in [-0.39, 0.29) is 5.82 Å². The molecular weight excluding hydrogens is 344 g/mol. The minimum absolute atomic E-state index is 0.385. The number of hydrogen-bond donors (Lipinski definition) is 1. The van der Waals surface area contributed by atoms with Gasteiger partial charge in [0, 0.05) is 9.77 Å². The lowest BCUT2D eigenvalue weighted by atomic mass is 10.2. The van der Waals surface area contributed by atoms with Crippen molar-refractivity contribution in [2.24, 2.45) is 0 Å². The minimum Gasteiger partial charge on any atom is -0.339 e. The predicted octanol–water partition coefficient (Wildman–Crippen LogP) is 3.75. The van der Waals surface area contributed by atoms with Gasteiger partial charge in [0.15, 0.2) is 0 Å². The van der Waals surface area contributed by atoms with E-state index in [0.29, 0.717) is 17.1 Å². The van der Waals surface area contributed by atoms with Crippen LogP contribution in [-0.4, -0.2) is 4.98 Å². The summed E-state index contributed by atoms with van der Waals surface area (Å²) >= 11 is 2.17. The molecule has 0 fully saturated rings. The van der Waals surface area contributed by atoms with Gasteiger partial charge in [-0.05, 0) is 59.3 Å². The van der Waals surface area contributed by atoms with E-state index in [1.54, 1.807) is 6.20 Å². The van der Waals surface area contributed by atoms with Crippen LogP contribution in [0.3, 0.4) is 0 Å². The van der Waals surface area contributed by atoms with E-state index in [2.05, 4.69) is 32.9 Å². The van der Waals surface area contributed by atoms with Crippen molar-refractivity contribution in [2.75, 3.05) is 5.32 Å². The number of anilines is 2. The lowest BCUT2D eigenvalue weighted by Crippen LogP contribution is -1.99. The summed E-state index contributed by atoms with van der Waals surface area (Å²) in [6.07, 6.45) is 1.71. The van der Waals surface area contributed by atoms with Crippen LogP contribution in [0.25, 0.3) is 0 Å². The van der Waals surface area contributed by atoms with Gasteiger partial charge in [0.25, 0.3) is 0 Å². The summed E-state index contributed by atoms with van der Waals surface area (Å²) in [4.78, 5) is 4.23. The fraction of sp³-hybridized carbons (Fsp3) is 0.0769. The Labute approximate surface area is 118 Å². The van der Waals surface area contributed by atoms with E-state index in [1.165, 1.54) is 18.2 Å². The molecule has 1 aromatic heterocycles. The topological polar surface area (TPSA) is 48.7 Å². The van der Waals surface area contributed by atoms with E-state index in [9.17, 15) is 4.39 Å². The van der Waals surface area contributed by atoms with Gasteiger partial charge >= 0.3 is 0 Å². The first-order valence-corrected chi connectivity index (χ1v) is 6.27. The Morgan fingerprint density at radius 3 is 2.83 bits per heavy atom. The molecule has 1 N–H and O–H groups in total. The molecule has 0 aliphatic heterocycles. The van der Waals surface area contributed by atoms with Gasteiger partial charge in [0.05, 0.1) is 11.3 Å². The maximum Gasteiger partial charge on any atom is 0.133 e. The number of aryl methyl sites for hydroxylation is 1. The van der Waals surface area contributed by atoms with Gasteiger partial charge in [-0.2, -0.15) is 5.26 Å². The second-order valence-electron chi connectivity index (χ2n) is 3.75. The van der Waals surface area contributed by atoms with E-state index in [4.69, 9.17) is 5.26 Å². The van der Waals surface area contributed by atoms with Gasteiger partial charge in [-0.25, -0.2) is 9.37 Å². The van der Waals surface area contributed by atoms with Crippen LogP contribution in [-0.2, 0) is 0 Å². The maximum atomic E-state index is 13.2. The van der Waals surface area contributed by atoms with Gasteiger partial charge in [0.1, 0.15) is 17.7 Å². The maximum absolute atomic E-state index is 13.2. The van der Waals surface area contributed by atoms with E-state index in [0.717, 1.165) is 9.13 Å². The SMILES string of the molecule is Cc1cc(I)cnc1Nc1cc(F)ccc1C#N. The van der Waals surface area contributed by atoms with Crippen molar-refractivity contribution in [3.63, 3.8) is 0 Å². The molecule has 2 aromatic rings. The van der Waals surface area contributed by atoms with Crippen LogP contribution < -0.4 is 5.32 Å². The van der Waals surface area contributed by atoms with Gasteiger partial charge < -0.3 is 5.32 Å². The monoisotopic (exact) mass is 353 g/mol. The lowest BCUT2D eigenvalue weighted by Gasteiger charge is -2.10. The van der Waals surface area contributed by atoms with Crippen LogP contribution >= 0.6 is 22.6 Å². The quantitative estimate of drug-likeness (QED) is 0.837. The normalized spacial score (nSPS) is 9.89. The molecule has 1 heterocycles. The average Bonchev–Trinajstić information content (AvgIpc) is 2.33. The van der Waals surface area contributed by atoms with Crippen molar-refractivity contribution >= 4 is 34.1 Å². The van der Waals surface area contributed by atoms with Crippen LogP contribution in [0.2, 0.25) is 0 Å². The molecule has 5 heteroatoms. The molecule has 0 unspecified atom stereocenters. The van der Waals surface area contributed by atoms with Crippen molar-refractivity contribution in [3.05, 3.63) is 51.0 Å². The van der Waals surface area contributed by atoms with Crippen LogP contribution in [0, 0.1) is 27.6 Å². The molecular formula is C13H9FIN3. The van der Waals surface area contributed by atoms with E-state index >= 15 is 0 Å². The number of nitriles is 1. The zero-order valence-corrected chi connectivity index (χ0v) is 11.7. The lowest BCUT2D eigenvalue weighted by molar-refractivity contribution is 0.628. The first-order chi connectivity index (χ1) is 8.60. The van der Waals surface area contributed by atoms with Crippen LogP contribution in [0.4, 0.5) is 15.9 Å². The Hall–Kier alpha value is -1.68. The van der Waals surface area contributed by atoms with E-state index in [1.807, 2.05) is 19.1 Å². The number of hydrogen-bond acceptors (Lipinski definition) is 3. The molecule has 0 radical (unpaired) electrons. The predicted molar refractivity (Wildman–Crippen MR) is 76.1 cm³/mol. The van der Waals surface area contributed by atoms with Gasteiger partial charge in [-0.1, -0.05) is 0 Å². The summed E-state index contributed by atoms with van der Waals surface area (Å²) in [5.41, 5.74) is 1.75. The van der Waals surface area contributed by atoms with E-state index < -0.39 is 0 Å². The van der Waals surface area contributed by atoms with Crippen LogP contribution in [0.5, 0.6) is 0 Å².